The van der Waals surface area contributed by atoms with E-state index in [2.05, 4.69) is 25.4 Å². The Bertz CT molecular complexity index is 892. The lowest BCUT2D eigenvalue weighted by Gasteiger charge is -2.14. The van der Waals surface area contributed by atoms with Crippen LogP contribution >= 0.6 is 0 Å². The number of carboxylic acid groups (broad SMARTS) is 1. The largest absolute Gasteiger partial charge is 0.494 e. The van der Waals surface area contributed by atoms with E-state index < -0.39 is 5.97 Å². The Balaban J connectivity index is 2.05. The van der Waals surface area contributed by atoms with Crippen LogP contribution in [0.4, 0.5) is 11.5 Å². The van der Waals surface area contributed by atoms with Crippen LogP contribution in [0.25, 0.3) is 11.4 Å². The minimum atomic E-state index is -1.13. The van der Waals surface area contributed by atoms with Gasteiger partial charge >= 0.3 is 5.97 Å². The second-order valence-corrected chi connectivity index (χ2v) is 4.84. The molecule has 2 heterocycles. The summed E-state index contributed by atoms with van der Waals surface area (Å²) in [5.74, 6) is 0.0272. The van der Waals surface area contributed by atoms with E-state index in [0.717, 1.165) is 0 Å². The number of anilines is 2. The van der Waals surface area contributed by atoms with Gasteiger partial charge in [0.25, 0.3) is 0 Å². The first-order valence-electron chi connectivity index (χ1n) is 6.93. The quantitative estimate of drug-likeness (QED) is 0.728. The van der Waals surface area contributed by atoms with Crippen molar-refractivity contribution in [3.05, 3.63) is 42.6 Å². The lowest BCUT2D eigenvalue weighted by atomic mass is 10.1. The Hall–Kier alpha value is -3.49. The molecule has 9 nitrogen and oxygen atoms in total. The van der Waals surface area contributed by atoms with Crippen LogP contribution in [-0.4, -0.2) is 42.9 Å². The lowest BCUT2D eigenvalue weighted by molar-refractivity contribution is 0.0697. The van der Waals surface area contributed by atoms with Crippen LogP contribution in [0.15, 0.2) is 37.1 Å². The fourth-order valence-electron chi connectivity index (χ4n) is 2.21. The molecule has 2 aromatic heterocycles. The highest BCUT2D eigenvalue weighted by molar-refractivity contribution is 5.94. The Morgan fingerprint density at radius 3 is 2.83 bits per heavy atom. The van der Waals surface area contributed by atoms with Crippen LogP contribution in [-0.2, 0) is 7.05 Å². The van der Waals surface area contributed by atoms with Crippen molar-refractivity contribution in [3.8, 4) is 17.1 Å². The molecule has 1 aromatic carbocycles. The van der Waals surface area contributed by atoms with Gasteiger partial charge in [0.15, 0.2) is 11.6 Å². The maximum atomic E-state index is 11.3. The summed E-state index contributed by atoms with van der Waals surface area (Å²) in [6, 6.07) is 5.36. The third-order valence-electron chi connectivity index (χ3n) is 3.26. The van der Waals surface area contributed by atoms with Crippen molar-refractivity contribution in [2.75, 3.05) is 12.4 Å². The van der Waals surface area contributed by atoms with Gasteiger partial charge in [0.1, 0.15) is 24.0 Å². The molecule has 0 unspecified atom stereocenters. The first kappa shape index (κ1) is 15.4. The third kappa shape index (κ3) is 2.86. The molecule has 0 fully saturated rings. The van der Waals surface area contributed by atoms with E-state index in [1.54, 1.807) is 30.2 Å². The number of hydrogen-bond donors (Lipinski definition) is 2. The van der Waals surface area contributed by atoms with Gasteiger partial charge < -0.3 is 15.2 Å². The number of carboxylic acids is 1. The van der Waals surface area contributed by atoms with Gasteiger partial charge in [0.2, 0.25) is 0 Å². The number of hydrogen-bond acceptors (Lipinski definition) is 7. The van der Waals surface area contributed by atoms with Crippen molar-refractivity contribution in [1.82, 2.24) is 24.7 Å². The van der Waals surface area contributed by atoms with Crippen molar-refractivity contribution in [1.29, 1.82) is 0 Å². The SMILES string of the molecule is COc1c(Nc2ncncc2C(=O)O)cccc1-c1ncn(C)n1. The second-order valence-electron chi connectivity index (χ2n) is 4.84. The highest BCUT2D eigenvalue weighted by Gasteiger charge is 2.17. The number of para-hydroxylation sites is 1. The number of aromatic nitrogens is 5. The van der Waals surface area contributed by atoms with Crippen molar-refractivity contribution in [3.63, 3.8) is 0 Å². The molecule has 0 aliphatic heterocycles. The lowest BCUT2D eigenvalue weighted by Crippen LogP contribution is -2.06. The molecule has 0 saturated heterocycles. The first-order chi connectivity index (χ1) is 11.6. The van der Waals surface area contributed by atoms with E-state index in [1.807, 2.05) is 6.07 Å². The standard InChI is InChI=1S/C15H14N6O3/c1-21-8-18-14(20-21)9-4-3-5-11(12(9)24-2)19-13-10(15(22)23)6-16-7-17-13/h3-8H,1-2H3,(H,22,23)(H,16,17,19). The van der Waals surface area contributed by atoms with Gasteiger partial charge in [0, 0.05) is 13.2 Å². The van der Waals surface area contributed by atoms with Crippen LogP contribution in [0.2, 0.25) is 0 Å². The summed E-state index contributed by atoms with van der Waals surface area (Å²) in [6.45, 7) is 0. The molecular weight excluding hydrogens is 312 g/mol. The molecule has 0 atom stereocenters. The zero-order valence-electron chi connectivity index (χ0n) is 13.0. The molecule has 2 N–H and O–H groups in total. The Kier molecular flexibility index (Phi) is 4.06. The summed E-state index contributed by atoms with van der Waals surface area (Å²) < 4.78 is 7.06. The average Bonchev–Trinajstić information content (AvgIpc) is 3.01. The molecule has 0 aliphatic rings. The van der Waals surface area contributed by atoms with Crippen LogP contribution in [0.3, 0.4) is 0 Å². The highest BCUT2D eigenvalue weighted by Crippen LogP contribution is 2.36. The predicted molar refractivity (Wildman–Crippen MR) is 85.3 cm³/mol. The molecule has 3 aromatic rings. The maximum Gasteiger partial charge on any atom is 0.341 e. The zero-order valence-corrected chi connectivity index (χ0v) is 13.0. The van der Waals surface area contributed by atoms with Crippen molar-refractivity contribution in [2.24, 2.45) is 7.05 Å². The van der Waals surface area contributed by atoms with Crippen molar-refractivity contribution < 1.29 is 14.6 Å². The minimum Gasteiger partial charge on any atom is -0.494 e. The molecule has 0 bridgehead atoms. The summed E-state index contributed by atoms with van der Waals surface area (Å²) in [5.41, 5.74) is 1.18. The van der Waals surface area contributed by atoms with Gasteiger partial charge in [-0.1, -0.05) is 6.07 Å². The number of rotatable bonds is 5. The Labute approximate surface area is 137 Å². The number of nitrogens with one attached hydrogen (secondary N) is 1. The Morgan fingerprint density at radius 1 is 1.33 bits per heavy atom. The number of carbonyl (C=O) groups is 1. The van der Waals surface area contributed by atoms with Gasteiger partial charge in [-0.15, -0.1) is 0 Å². The monoisotopic (exact) mass is 326 g/mol. The van der Waals surface area contributed by atoms with E-state index in [4.69, 9.17) is 4.74 Å². The zero-order chi connectivity index (χ0) is 17.1. The number of benzene rings is 1. The molecule has 0 spiro atoms. The molecule has 0 saturated carbocycles. The molecular formula is C15H14N6O3. The van der Waals surface area contributed by atoms with Gasteiger partial charge in [0.05, 0.1) is 18.4 Å². The molecule has 0 aliphatic carbocycles. The predicted octanol–water partition coefficient (Wildman–Crippen LogP) is 1.72. The van der Waals surface area contributed by atoms with Gasteiger partial charge in [-0.3, -0.25) is 4.68 Å². The number of aromatic carboxylic acids is 1. The van der Waals surface area contributed by atoms with Gasteiger partial charge in [-0.25, -0.2) is 19.7 Å². The van der Waals surface area contributed by atoms with E-state index in [9.17, 15) is 9.90 Å². The average molecular weight is 326 g/mol. The van der Waals surface area contributed by atoms with E-state index in [-0.39, 0.29) is 11.4 Å². The van der Waals surface area contributed by atoms with E-state index >= 15 is 0 Å². The van der Waals surface area contributed by atoms with Gasteiger partial charge in [-0.2, -0.15) is 5.10 Å². The summed E-state index contributed by atoms with van der Waals surface area (Å²) in [4.78, 5) is 23.2. The third-order valence-corrected chi connectivity index (χ3v) is 3.26. The number of aryl methyl sites for hydroxylation is 1. The number of ether oxygens (including phenoxy) is 1. The summed E-state index contributed by atoms with van der Waals surface area (Å²) in [7, 11) is 3.29. The smallest absolute Gasteiger partial charge is 0.341 e. The van der Waals surface area contributed by atoms with Crippen LogP contribution in [0, 0.1) is 0 Å². The molecule has 3 rings (SSSR count). The van der Waals surface area contributed by atoms with E-state index in [0.29, 0.717) is 22.8 Å². The topological polar surface area (TPSA) is 115 Å². The number of methoxy groups -OCH3 is 1. The normalized spacial score (nSPS) is 10.4. The summed E-state index contributed by atoms with van der Waals surface area (Å²) >= 11 is 0. The first-order valence-corrected chi connectivity index (χ1v) is 6.93. The number of nitrogens with zero attached hydrogens (tertiary/aromatic N) is 5. The van der Waals surface area contributed by atoms with Gasteiger partial charge in [-0.05, 0) is 12.1 Å². The Morgan fingerprint density at radius 2 is 2.17 bits per heavy atom. The molecule has 9 heteroatoms. The minimum absolute atomic E-state index is 0.0408. The fourth-order valence-corrected chi connectivity index (χ4v) is 2.21. The van der Waals surface area contributed by atoms with Crippen LogP contribution in [0.5, 0.6) is 5.75 Å². The highest BCUT2D eigenvalue weighted by atomic mass is 16.5. The van der Waals surface area contributed by atoms with Crippen molar-refractivity contribution in [2.45, 2.75) is 0 Å². The van der Waals surface area contributed by atoms with Crippen LogP contribution < -0.4 is 10.1 Å². The fraction of sp³-hybridized carbons (Fsp3) is 0.133. The van der Waals surface area contributed by atoms with E-state index in [1.165, 1.54) is 19.6 Å². The summed E-state index contributed by atoms with van der Waals surface area (Å²) in [5, 5.41) is 16.5. The van der Waals surface area contributed by atoms with Crippen molar-refractivity contribution >= 4 is 17.5 Å². The summed E-state index contributed by atoms with van der Waals surface area (Å²) in [6.07, 6.45) is 4.08. The molecule has 0 radical (unpaired) electrons. The molecule has 24 heavy (non-hydrogen) atoms. The molecule has 122 valence electrons. The maximum absolute atomic E-state index is 11.3. The van der Waals surface area contributed by atoms with Crippen LogP contribution in [0.1, 0.15) is 10.4 Å². The second kappa shape index (κ2) is 6.32. The molecule has 0 amide bonds.